The lowest BCUT2D eigenvalue weighted by atomic mass is 9.89. The number of ketones is 2. The molecule has 0 spiro atoms. The Morgan fingerprint density at radius 2 is 1.25 bits per heavy atom. The van der Waals surface area contributed by atoms with E-state index in [0.29, 0.717) is 50.1 Å². The number of likely N-dealkylation sites (tertiary alicyclic amines) is 2. The molecule has 212 valence electrons. The molecule has 4 rings (SSSR count). The number of Topliss-reactive ketones (excluding diaryl/α,β-unsaturated/α-hetero) is 2. The maximum atomic E-state index is 13.1. The fourth-order valence-corrected chi connectivity index (χ4v) is 5.42. The summed E-state index contributed by atoms with van der Waals surface area (Å²) in [6.45, 7) is 5.23. The van der Waals surface area contributed by atoms with Crippen molar-refractivity contribution in [1.29, 1.82) is 10.7 Å². The molecule has 0 aromatic heterocycles. The number of hydrogen-bond donors (Lipinski definition) is 2. The second kappa shape index (κ2) is 14.1. The van der Waals surface area contributed by atoms with Gasteiger partial charge in [-0.25, -0.2) is 13.7 Å². The Kier molecular flexibility index (Phi) is 10.3. The average molecular weight is 551 g/mol. The molecule has 0 atom stereocenters. The minimum Gasteiger partial charge on any atom is -0.354 e. The third-order valence-electron chi connectivity index (χ3n) is 7.93. The van der Waals surface area contributed by atoms with Gasteiger partial charge in [0, 0.05) is 49.1 Å². The van der Waals surface area contributed by atoms with E-state index in [9.17, 15) is 23.6 Å². The van der Waals surface area contributed by atoms with Crippen molar-refractivity contribution in [2.75, 3.05) is 52.4 Å². The predicted octanol–water partition coefficient (Wildman–Crippen LogP) is 3.76. The van der Waals surface area contributed by atoms with Crippen LogP contribution in [0, 0.1) is 40.3 Å². The molecule has 40 heavy (non-hydrogen) atoms. The number of nitriles is 1. The molecule has 2 fully saturated rings. The van der Waals surface area contributed by atoms with Gasteiger partial charge in [0.05, 0.1) is 0 Å². The minimum atomic E-state index is -0.356. The van der Waals surface area contributed by atoms with Gasteiger partial charge < -0.3 is 15.1 Å². The molecule has 0 amide bonds. The lowest BCUT2D eigenvalue weighted by Gasteiger charge is -2.32. The number of rotatable bonds is 10. The molecule has 2 aliphatic rings. The Balaban J connectivity index is 1.11. The highest BCUT2D eigenvalue weighted by Gasteiger charge is 2.27. The predicted molar refractivity (Wildman–Crippen MR) is 148 cm³/mol. The standard InChI is InChI=1S/C30H36F2N6O2/c31-26-5-1-22(2-6-26)28(39)24-9-14-36(15-10-24)18-13-35-30(34)38(21-33)20-19-37-16-11-25(12-17-37)29(40)23-3-7-27(32)8-4-23/h1-8,24-25H,9-20H2,(H2,34,35). The number of halogens is 2. The second-order valence-electron chi connectivity index (χ2n) is 10.5. The summed E-state index contributed by atoms with van der Waals surface area (Å²) in [6.07, 6.45) is 4.99. The summed E-state index contributed by atoms with van der Waals surface area (Å²) in [6, 6.07) is 11.4. The molecule has 0 aliphatic carbocycles. The number of guanidine groups is 1. The van der Waals surface area contributed by atoms with E-state index < -0.39 is 0 Å². The Labute approximate surface area is 234 Å². The third kappa shape index (κ3) is 7.93. The van der Waals surface area contributed by atoms with Crippen LogP contribution in [0.1, 0.15) is 46.4 Å². The van der Waals surface area contributed by atoms with Gasteiger partial charge >= 0.3 is 0 Å². The van der Waals surface area contributed by atoms with E-state index in [-0.39, 0.29) is 41.0 Å². The SMILES string of the molecule is N#CN(CCN1CCC(C(=O)c2ccc(F)cc2)CC1)C(=N)NCCN1CCC(C(=O)c2ccc(F)cc2)CC1. The summed E-state index contributed by atoms with van der Waals surface area (Å²) < 4.78 is 26.3. The largest absolute Gasteiger partial charge is 0.354 e. The Morgan fingerprint density at radius 1 is 0.825 bits per heavy atom. The summed E-state index contributed by atoms with van der Waals surface area (Å²) in [5.74, 6) is -0.679. The number of piperidine rings is 2. The highest BCUT2D eigenvalue weighted by Crippen LogP contribution is 2.23. The van der Waals surface area contributed by atoms with Crippen molar-refractivity contribution in [3.8, 4) is 6.19 Å². The molecular formula is C30H36F2N6O2. The summed E-state index contributed by atoms with van der Waals surface area (Å²) >= 11 is 0. The van der Waals surface area contributed by atoms with Crippen LogP contribution in [0.3, 0.4) is 0 Å². The molecule has 0 radical (unpaired) electrons. The molecule has 8 nitrogen and oxygen atoms in total. The third-order valence-corrected chi connectivity index (χ3v) is 7.93. The van der Waals surface area contributed by atoms with E-state index in [0.717, 1.165) is 39.0 Å². The van der Waals surface area contributed by atoms with Gasteiger partial charge in [0.15, 0.2) is 17.8 Å². The molecule has 2 aromatic rings. The Bertz CT molecular complexity index is 1200. The molecular weight excluding hydrogens is 514 g/mol. The van der Waals surface area contributed by atoms with Gasteiger partial charge in [0.2, 0.25) is 5.96 Å². The molecule has 2 saturated heterocycles. The Morgan fingerprint density at radius 3 is 1.68 bits per heavy atom. The van der Waals surface area contributed by atoms with E-state index in [1.54, 1.807) is 12.1 Å². The van der Waals surface area contributed by atoms with Crippen molar-refractivity contribution in [3.63, 3.8) is 0 Å². The molecule has 0 bridgehead atoms. The highest BCUT2D eigenvalue weighted by molar-refractivity contribution is 5.98. The number of benzene rings is 2. The molecule has 0 unspecified atom stereocenters. The van der Waals surface area contributed by atoms with Crippen LogP contribution in [0.5, 0.6) is 0 Å². The number of carbonyl (C=O) groups excluding carboxylic acids is 2. The van der Waals surface area contributed by atoms with Crippen molar-refractivity contribution in [2.45, 2.75) is 25.7 Å². The van der Waals surface area contributed by atoms with Gasteiger partial charge in [-0.05, 0) is 100 Å². The lowest BCUT2D eigenvalue weighted by Crippen LogP contribution is -2.46. The van der Waals surface area contributed by atoms with Crippen LogP contribution in [0.25, 0.3) is 0 Å². The van der Waals surface area contributed by atoms with Crippen molar-refractivity contribution >= 4 is 17.5 Å². The fraction of sp³-hybridized carbons (Fsp3) is 0.467. The van der Waals surface area contributed by atoms with Crippen molar-refractivity contribution in [3.05, 3.63) is 71.3 Å². The smallest absolute Gasteiger partial charge is 0.204 e. The first kappa shape index (κ1) is 29.3. The van der Waals surface area contributed by atoms with Gasteiger partial charge in [0.1, 0.15) is 11.6 Å². The van der Waals surface area contributed by atoms with Crippen LogP contribution < -0.4 is 5.32 Å². The lowest BCUT2D eigenvalue weighted by molar-refractivity contribution is 0.0834. The molecule has 2 aromatic carbocycles. The summed E-state index contributed by atoms with van der Waals surface area (Å²) in [5.41, 5.74) is 1.09. The molecule has 2 heterocycles. The van der Waals surface area contributed by atoms with E-state index in [1.807, 2.05) is 0 Å². The molecule has 2 aliphatic heterocycles. The number of hydrogen-bond acceptors (Lipinski definition) is 6. The van der Waals surface area contributed by atoms with Crippen molar-refractivity contribution < 1.29 is 18.4 Å². The normalized spacial score (nSPS) is 17.2. The van der Waals surface area contributed by atoms with Gasteiger partial charge in [-0.2, -0.15) is 5.26 Å². The van der Waals surface area contributed by atoms with Crippen LogP contribution in [-0.4, -0.2) is 84.6 Å². The first-order valence-electron chi connectivity index (χ1n) is 13.9. The second-order valence-corrected chi connectivity index (χ2v) is 10.5. The zero-order chi connectivity index (χ0) is 28.5. The molecule has 0 saturated carbocycles. The van der Waals surface area contributed by atoms with Gasteiger partial charge in [0.25, 0.3) is 0 Å². The summed E-state index contributed by atoms with van der Waals surface area (Å²) in [5, 5.41) is 20.9. The monoisotopic (exact) mass is 550 g/mol. The quantitative estimate of drug-likeness (QED) is 0.153. The van der Waals surface area contributed by atoms with Crippen LogP contribution in [0.15, 0.2) is 48.5 Å². The molecule has 10 heteroatoms. The van der Waals surface area contributed by atoms with E-state index in [2.05, 4.69) is 21.3 Å². The average Bonchev–Trinajstić information content (AvgIpc) is 2.98. The highest BCUT2D eigenvalue weighted by atomic mass is 19.1. The van der Waals surface area contributed by atoms with E-state index in [4.69, 9.17) is 5.41 Å². The van der Waals surface area contributed by atoms with Crippen LogP contribution in [0.4, 0.5) is 8.78 Å². The number of nitrogens with one attached hydrogen (secondary N) is 2. The van der Waals surface area contributed by atoms with Gasteiger partial charge in [-0.1, -0.05) is 0 Å². The zero-order valence-corrected chi connectivity index (χ0v) is 22.6. The maximum absolute atomic E-state index is 13.1. The summed E-state index contributed by atoms with van der Waals surface area (Å²) in [7, 11) is 0. The maximum Gasteiger partial charge on any atom is 0.204 e. The van der Waals surface area contributed by atoms with Gasteiger partial charge in [-0.15, -0.1) is 0 Å². The fourth-order valence-electron chi connectivity index (χ4n) is 5.42. The first-order chi connectivity index (χ1) is 19.3. The van der Waals surface area contributed by atoms with Gasteiger partial charge in [-0.3, -0.25) is 15.0 Å². The Hall–Kier alpha value is -3.68. The summed E-state index contributed by atoms with van der Waals surface area (Å²) in [4.78, 5) is 31.1. The zero-order valence-electron chi connectivity index (χ0n) is 22.6. The van der Waals surface area contributed by atoms with Crippen LogP contribution in [-0.2, 0) is 0 Å². The first-order valence-corrected chi connectivity index (χ1v) is 13.9. The number of nitrogens with zero attached hydrogens (tertiary/aromatic N) is 4. The van der Waals surface area contributed by atoms with Crippen molar-refractivity contribution in [1.82, 2.24) is 20.0 Å². The van der Waals surface area contributed by atoms with Crippen LogP contribution in [0.2, 0.25) is 0 Å². The topological polar surface area (TPSA) is 104 Å². The van der Waals surface area contributed by atoms with Crippen molar-refractivity contribution in [2.24, 2.45) is 11.8 Å². The molecule has 2 N–H and O–H groups in total. The van der Waals surface area contributed by atoms with Crippen LogP contribution >= 0.6 is 0 Å². The minimum absolute atomic E-state index is 0.0491. The number of carbonyl (C=O) groups is 2. The van der Waals surface area contributed by atoms with E-state index in [1.165, 1.54) is 41.3 Å². The van der Waals surface area contributed by atoms with E-state index >= 15 is 0 Å².